The van der Waals surface area contributed by atoms with Gasteiger partial charge in [0.1, 0.15) is 5.75 Å². The van der Waals surface area contributed by atoms with Crippen LogP contribution in [0.25, 0.3) is 11.4 Å². The molecule has 8 heteroatoms. The maximum Gasteiger partial charge on any atom is 0.416 e. The Bertz CT molecular complexity index is 950. The number of aromatic nitrogens is 3. The lowest BCUT2D eigenvalue weighted by atomic mass is 10.1. The lowest BCUT2D eigenvalue weighted by molar-refractivity contribution is -0.137. The molecule has 0 fully saturated rings. The van der Waals surface area contributed by atoms with Crippen LogP contribution < -0.4 is 4.74 Å². The van der Waals surface area contributed by atoms with E-state index in [0.717, 1.165) is 12.1 Å². The number of ether oxygens (including phenoxy) is 1. The Hall–Kier alpha value is -2.54. The molecule has 0 aliphatic heterocycles. The Labute approximate surface area is 159 Å². The van der Waals surface area contributed by atoms with Crippen molar-refractivity contribution in [2.24, 2.45) is 7.05 Å². The third-order valence-corrected chi connectivity index (χ3v) is 4.30. The zero-order valence-electron chi connectivity index (χ0n) is 14.9. The Morgan fingerprint density at radius 3 is 2.30 bits per heavy atom. The molecule has 0 saturated carbocycles. The molecule has 0 saturated heterocycles. The third kappa shape index (κ3) is 4.08. The van der Waals surface area contributed by atoms with Gasteiger partial charge in [-0.3, -0.25) is 0 Å². The smallest absolute Gasteiger partial charge is 0.416 e. The van der Waals surface area contributed by atoms with Crippen LogP contribution in [0.2, 0.25) is 5.02 Å². The van der Waals surface area contributed by atoms with Gasteiger partial charge >= 0.3 is 6.18 Å². The maximum atomic E-state index is 13.0. The molecule has 3 aromatic rings. The van der Waals surface area contributed by atoms with Gasteiger partial charge in [0.05, 0.1) is 5.56 Å². The quantitative estimate of drug-likeness (QED) is 0.588. The highest BCUT2D eigenvalue weighted by Gasteiger charge is 2.32. The van der Waals surface area contributed by atoms with Crippen LogP contribution in [0.3, 0.4) is 0 Å². The van der Waals surface area contributed by atoms with Crippen molar-refractivity contribution in [3.8, 4) is 17.1 Å². The van der Waals surface area contributed by atoms with Crippen LogP contribution in [0.4, 0.5) is 13.2 Å². The first-order valence-electron chi connectivity index (χ1n) is 8.10. The second-order valence-corrected chi connectivity index (χ2v) is 6.99. The van der Waals surface area contributed by atoms with Crippen molar-refractivity contribution in [3.05, 3.63) is 64.9 Å². The molecule has 4 nitrogen and oxygen atoms in total. The highest BCUT2D eigenvalue weighted by atomic mass is 35.5. The summed E-state index contributed by atoms with van der Waals surface area (Å²) in [5, 5.41) is 8.81. The van der Waals surface area contributed by atoms with Crippen LogP contribution in [-0.2, 0) is 18.8 Å². The number of benzene rings is 2. The van der Waals surface area contributed by atoms with Gasteiger partial charge in [0.25, 0.3) is 0 Å². The lowest BCUT2D eigenvalue weighted by Crippen LogP contribution is -2.29. The Morgan fingerprint density at radius 1 is 1.00 bits per heavy atom. The standard InChI is InChI=1S/C19H17ClF3N3O/c1-18(2,27-15-9-7-14(20)8-10-15)17-25-24-16(26(17)3)12-5-4-6-13(11-12)19(21,22)23/h4-11H,1-3H3. The van der Waals surface area contributed by atoms with Crippen LogP contribution in [0.5, 0.6) is 5.75 Å². The second-order valence-electron chi connectivity index (χ2n) is 6.55. The lowest BCUT2D eigenvalue weighted by Gasteiger charge is -2.25. The molecule has 0 N–H and O–H groups in total. The first-order valence-corrected chi connectivity index (χ1v) is 8.48. The summed E-state index contributed by atoms with van der Waals surface area (Å²) in [6.45, 7) is 3.61. The minimum Gasteiger partial charge on any atom is -0.480 e. The first-order chi connectivity index (χ1) is 12.6. The minimum absolute atomic E-state index is 0.323. The Balaban J connectivity index is 1.94. The van der Waals surface area contributed by atoms with Crippen molar-refractivity contribution in [2.45, 2.75) is 25.6 Å². The van der Waals surface area contributed by atoms with E-state index in [9.17, 15) is 13.2 Å². The van der Waals surface area contributed by atoms with Crippen molar-refractivity contribution in [3.63, 3.8) is 0 Å². The predicted molar refractivity (Wildman–Crippen MR) is 96.5 cm³/mol. The van der Waals surface area contributed by atoms with Crippen LogP contribution >= 0.6 is 11.6 Å². The molecule has 0 aliphatic rings. The van der Waals surface area contributed by atoms with E-state index in [0.29, 0.717) is 28.0 Å². The average molecular weight is 396 g/mol. The zero-order chi connectivity index (χ0) is 19.8. The topological polar surface area (TPSA) is 39.9 Å². The van der Waals surface area contributed by atoms with Crippen molar-refractivity contribution in [2.75, 3.05) is 0 Å². The second kappa shape index (κ2) is 6.88. The van der Waals surface area contributed by atoms with E-state index in [2.05, 4.69) is 10.2 Å². The summed E-state index contributed by atoms with van der Waals surface area (Å²) >= 11 is 5.88. The molecule has 0 bridgehead atoms. The zero-order valence-corrected chi connectivity index (χ0v) is 15.6. The van der Waals surface area contributed by atoms with Gasteiger partial charge in [-0.05, 0) is 50.2 Å². The largest absolute Gasteiger partial charge is 0.480 e. The van der Waals surface area contributed by atoms with Crippen molar-refractivity contribution in [1.82, 2.24) is 14.8 Å². The third-order valence-electron chi connectivity index (χ3n) is 4.05. The molecule has 1 heterocycles. The van der Waals surface area contributed by atoms with Crippen LogP contribution in [0.15, 0.2) is 48.5 Å². The summed E-state index contributed by atoms with van der Waals surface area (Å²) in [6.07, 6.45) is -4.42. The van der Waals surface area contributed by atoms with E-state index in [-0.39, 0.29) is 0 Å². The molecule has 1 aromatic heterocycles. The summed E-state index contributed by atoms with van der Waals surface area (Å²) in [4.78, 5) is 0. The highest BCUT2D eigenvalue weighted by molar-refractivity contribution is 6.30. The van der Waals surface area contributed by atoms with E-state index in [1.54, 1.807) is 41.9 Å². The summed E-state index contributed by atoms with van der Waals surface area (Å²) in [6, 6.07) is 11.9. The fraction of sp³-hybridized carbons (Fsp3) is 0.263. The SMILES string of the molecule is Cn1c(-c2cccc(C(F)(F)F)c2)nnc1C(C)(C)Oc1ccc(Cl)cc1. The van der Waals surface area contributed by atoms with E-state index in [1.807, 2.05) is 13.8 Å². The number of hydrogen-bond donors (Lipinski definition) is 0. The molecule has 0 unspecified atom stereocenters. The van der Waals surface area contributed by atoms with Gasteiger partial charge in [-0.25, -0.2) is 0 Å². The molecule has 3 rings (SSSR count). The summed E-state index contributed by atoms with van der Waals surface area (Å²) in [5.74, 6) is 1.39. The fourth-order valence-electron chi connectivity index (χ4n) is 2.78. The molecule has 142 valence electrons. The van der Waals surface area contributed by atoms with Crippen LogP contribution in [0, 0.1) is 0 Å². The van der Waals surface area contributed by atoms with Gasteiger partial charge in [-0.15, -0.1) is 10.2 Å². The van der Waals surface area contributed by atoms with Gasteiger partial charge in [-0.2, -0.15) is 13.2 Å². The molecule has 0 atom stereocenters. The van der Waals surface area contributed by atoms with Crippen molar-refractivity contribution >= 4 is 11.6 Å². The van der Waals surface area contributed by atoms with Gasteiger partial charge in [0.2, 0.25) is 0 Å². The Kier molecular flexibility index (Phi) is 4.90. The highest BCUT2D eigenvalue weighted by Crippen LogP contribution is 2.33. The van der Waals surface area contributed by atoms with E-state index in [4.69, 9.17) is 16.3 Å². The number of nitrogens with zero attached hydrogens (tertiary/aromatic N) is 3. The summed E-state index contributed by atoms with van der Waals surface area (Å²) in [7, 11) is 1.69. The number of halogens is 4. The van der Waals surface area contributed by atoms with E-state index in [1.165, 1.54) is 6.07 Å². The molecule has 0 spiro atoms. The molecular formula is C19H17ClF3N3O. The molecular weight excluding hydrogens is 379 g/mol. The number of alkyl halides is 3. The molecule has 27 heavy (non-hydrogen) atoms. The van der Waals surface area contributed by atoms with E-state index < -0.39 is 17.3 Å². The Morgan fingerprint density at radius 2 is 1.67 bits per heavy atom. The summed E-state index contributed by atoms with van der Waals surface area (Å²) in [5.41, 5.74) is -1.27. The monoisotopic (exact) mass is 395 g/mol. The minimum atomic E-state index is -4.42. The maximum absolute atomic E-state index is 13.0. The van der Waals surface area contributed by atoms with E-state index >= 15 is 0 Å². The van der Waals surface area contributed by atoms with Crippen LogP contribution in [-0.4, -0.2) is 14.8 Å². The van der Waals surface area contributed by atoms with Gasteiger partial charge < -0.3 is 9.30 Å². The predicted octanol–water partition coefficient (Wildman–Crippen LogP) is 5.47. The number of rotatable bonds is 4. The number of hydrogen-bond acceptors (Lipinski definition) is 3. The fourth-order valence-corrected chi connectivity index (χ4v) is 2.91. The van der Waals surface area contributed by atoms with Crippen molar-refractivity contribution < 1.29 is 17.9 Å². The van der Waals surface area contributed by atoms with Crippen molar-refractivity contribution in [1.29, 1.82) is 0 Å². The van der Waals surface area contributed by atoms with Gasteiger partial charge in [0, 0.05) is 17.6 Å². The molecule has 0 aliphatic carbocycles. The van der Waals surface area contributed by atoms with Gasteiger partial charge in [-0.1, -0.05) is 23.7 Å². The average Bonchev–Trinajstić information content (AvgIpc) is 2.99. The normalized spacial score (nSPS) is 12.3. The van der Waals surface area contributed by atoms with Gasteiger partial charge in [0.15, 0.2) is 17.2 Å². The molecule has 2 aromatic carbocycles. The van der Waals surface area contributed by atoms with Crippen LogP contribution in [0.1, 0.15) is 25.2 Å². The summed E-state index contributed by atoms with van der Waals surface area (Å²) < 4.78 is 46.6. The molecule has 0 radical (unpaired) electrons. The first kappa shape index (κ1) is 19.2. The molecule has 0 amide bonds.